The molecule has 1 aromatic heterocycles. The average molecular weight is 640 g/mol. The van der Waals surface area contributed by atoms with E-state index in [1.165, 1.54) is 11.4 Å². The number of hydrogen-bond acceptors (Lipinski definition) is 6. The lowest BCUT2D eigenvalue weighted by Gasteiger charge is -2.24. The number of benzene rings is 4. The van der Waals surface area contributed by atoms with Crippen LogP contribution in [0, 0.1) is 0 Å². The minimum Gasteiger partial charge on any atom is -0.457 e. The summed E-state index contributed by atoms with van der Waals surface area (Å²) in [6.07, 6.45) is 1.14. The third-order valence-corrected chi connectivity index (χ3v) is 8.49. The summed E-state index contributed by atoms with van der Waals surface area (Å²) in [4.78, 5) is 26.5. The molecule has 5 rings (SSSR count). The number of para-hydroxylation sites is 1. The zero-order chi connectivity index (χ0) is 33.2. The molecule has 0 spiro atoms. The van der Waals surface area contributed by atoms with Crippen molar-refractivity contribution in [3.05, 3.63) is 102 Å². The molecule has 0 fully saturated rings. The first-order valence-electron chi connectivity index (χ1n) is 14.9. The van der Waals surface area contributed by atoms with Gasteiger partial charge in [-0.3, -0.25) is 13.9 Å². The molecule has 0 saturated carbocycles. The van der Waals surface area contributed by atoms with Gasteiger partial charge in [0, 0.05) is 47.3 Å². The zero-order valence-electron chi connectivity index (χ0n) is 26.7. The van der Waals surface area contributed by atoms with Gasteiger partial charge in [-0.1, -0.05) is 30.3 Å². The van der Waals surface area contributed by atoms with Crippen molar-refractivity contribution >= 4 is 38.5 Å². The van der Waals surface area contributed by atoms with Crippen LogP contribution in [0.4, 0.5) is 5.69 Å². The molecule has 1 heterocycles. The Kier molecular flexibility index (Phi) is 8.94. The van der Waals surface area contributed by atoms with Crippen LogP contribution >= 0.6 is 0 Å². The molecule has 0 radical (unpaired) electrons. The average Bonchev–Trinajstić information content (AvgIpc) is 3.38. The highest BCUT2D eigenvalue weighted by Crippen LogP contribution is 2.42. The monoisotopic (exact) mass is 639 g/mol. The SMILES string of the molecule is CCN(c1cc2oc(-c3ccc(Oc4ccccc4)cc3)c(C(=O)NC)c2cc1-c1cccc(C(=O)NC(C)(C)C)c1)S(C)(=O)=O. The van der Waals surface area contributed by atoms with E-state index in [1.807, 2.05) is 51.1 Å². The van der Waals surface area contributed by atoms with E-state index in [4.69, 9.17) is 9.15 Å². The first kappa shape index (κ1) is 32.3. The Morgan fingerprint density at radius 3 is 2.13 bits per heavy atom. The van der Waals surface area contributed by atoms with Crippen molar-refractivity contribution in [2.75, 3.05) is 24.2 Å². The number of rotatable bonds is 9. The molecule has 238 valence electrons. The van der Waals surface area contributed by atoms with Gasteiger partial charge in [0.1, 0.15) is 22.8 Å². The molecule has 2 N–H and O–H groups in total. The van der Waals surface area contributed by atoms with Crippen molar-refractivity contribution in [1.82, 2.24) is 10.6 Å². The molecule has 0 aliphatic carbocycles. The fourth-order valence-electron chi connectivity index (χ4n) is 5.25. The summed E-state index contributed by atoms with van der Waals surface area (Å²) in [5.74, 6) is 0.995. The quantitative estimate of drug-likeness (QED) is 0.176. The Balaban J connectivity index is 1.69. The number of fused-ring (bicyclic) bond motifs is 1. The van der Waals surface area contributed by atoms with Crippen LogP contribution in [0.3, 0.4) is 0 Å². The van der Waals surface area contributed by atoms with Crippen LogP contribution in [0.1, 0.15) is 48.4 Å². The zero-order valence-corrected chi connectivity index (χ0v) is 27.5. The molecule has 4 aromatic carbocycles. The predicted octanol–water partition coefficient (Wildman–Crippen LogP) is 7.23. The number of carbonyl (C=O) groups excluding carboxylic acids is 2. The number of nitrogens with zero attached hydrogens (tertiary/aromatic N) is 1. The lowest BCUT2D eigenvalue weighted by Crippen LogP contribution is -2.40. The molecule has 0 aliphatic rings. The molecule has 0 saturated heterocycles. The van der Waals surface area contributed by atoms with E-state index in [0.717, 1.165) is 6.26 Å². The van der Waals surface area contributed by atoms with Crippen molar-refractivity contribution in [3.63, 3.8) is 0 Å². The number of carbonyl (C=O) groups is 2. The van der Waals surface area contributed by atoms with Gasteiger partial charge in [-0.15, -0.1) is 0 Å². The van der Waals surface area contributed by atoms with Crippen LogP contribution < -0.4 is 19.7 Å². The summed E-state index contributed by atoms with van der Waals surface area (Å²) in [6, 6.07) is 26.9. The second kappa shape index (κ2) is 12.7. The fourth-order valence-corrected chi connectivity index (χ4v) is 6.22. The van der Waals surface area contributed by atoms with E-state index < -0.39 is 15.6 Å². The van der Waals surface area contributed by atoms with Gasteiger partial charge in [0.25, 0.3) is 11.8 Å². The molecule has 9 nitrogen and oxygen atoms in total. The maximum Gasteiger partial charge on any atom is 0.255 e. The fraction of sp³-hybridized carbons (Fsp3) is 0.222. The summed E-state index contributed by atoms with van der Waals surface area (Å²) in [6.45, 7) is 7.58. The van der Waals surface area contributed by atoms with Crippen LogP contribution in [0.25, 0.3) is 33.4 Å². The van der Waals surface area contributed by atoms with Gasteiger partial charge in [-0.2, -0.15) is 0 Å². The maximum atomic E-state index is 13.4. The van der Waals surface area contributed by atoms with Crippen LogP contribution in [-0.4, -0.2) is 45.6 Å². The highest BCUT2D eigenvalue weighted by molar-refractivity contribution is 7.92. The van der Waals surface area contributed by atoms with Crippen molar-refractivity contribution in [2.24, 2.45) is 0 Å². The van der Waals surface area contributed by atoms with E-state index in [9.17, 15) is 18.0 Å². The van der Waals surface area contributed by atoms with Crippen molar-refractivity contribution < 1.29 is 27.2 Å². The second-order valence-corrected chi connectivity index (χ2v) is 13.8. The number of anilines is 1. The largest absolute Gasteiger partial charge is 0.457 e. The smallest absolute Gasteiger partial charge is 0.255 e. The van der Waals surface area contributed by atoms with Gasteiger partial charge in [0.05, 0.1) is 17.5 Å². The summed E-state index contributed by atoms with van der Waals surface area (Å²) >= 11 is 0. The molecule has 10 heteroatoms. The van der Waals surface area contributed by atoms with E-state index in [-0.39, 0.29) is 18.4 Å². The maximum absolute atomic E-state index is 13.4. The normalized spacial score (nSPS) is 11.7. The first-order valence-corrected chi connectivity index (χ1v) is 16.7. The summed E-state index contributed by atoms with van der Waals surface area (Å²) in [5.41, 5.74) is 2.72. The van der Waals surface area contributed by atoms with Crippen LogP contribution in [0.2, 0.25) is 0 Å². The Labute approximate surface area is 269 Å². The number of sulfonamides is 1. The predicted molar refractivity (Wildman–Crippen MR) is 182 cm³/mol. The number of amides is 2. The lowest BCUT2D eigenvalue weighted by molar-refractivity contribution is 0.0918. The standard InChI is InChI=1S/C36H37N3O6S/c1-7-39(46(6,42)43)30-22-31-29(21-28(30)24-12-11-13-25(20-24)34(40)38-36(2,3)4)32(35(41)37-5)33(45-31)23-16-18-27(19-17-23)44-26-14-9-8-10-15-26/h8-22H,7H2,1-6H3,(H,37,41)(H,38,40). The Morgan fingerprint density at radius 2 is 1.52 bits per heavy atom. The van der Waals surface area contributed by atoms with Gasteiger partial charge in [-0.05, 0) is 87.9 Å². The Hall–Kier alpha value is -5.09. The third-order valence-electron chi connectivity index (χ3n) is 7.24. The van der Waals surface area contributed by atoms with Gasteiger partial charge >= 0.3 is 0 Å². The molecule has 5 aromatic rings. The molecule has 0 bridgehead atoms. The Bertz CT molecular complexity index is 2010. The van der Waals surface area contributed by atoms with E-state index in [0.29, 0.717) is 61.7 Å². The summed E-state index contributed by atoms with van der Waals surface area (Å²) < 4.78 is 39.5. The topological polar surface area (TPSA) is 118 Å². The van der Waals surface area contributed by atoms with Crippen LogP contribution in [0.15, 0.2) is 95.4 Å². The molecule has 0 atom stereocenters. The molecule has 46 heavy (non-hydrogen) atoms. The number of nitrogens with one attached hydrogen (secondary N) is 2. The van der Waals surface area contributed by atoms with Crippen molar-refractivity contribution in [1.29, 1.82) is 0 Å². The molecular weight excluding hydrogens is 602 g/mol. The summed E-state index contributed by atoms with van der Waals surface area (Å²) in [7, 11) is -2.17. The van der Waals surface area contributed by atoms with E-state index in [1.54, 1.807) is 67.6 Å². The third kappa shape index (κ3) is 6.92. The lowest BCUT2D eigenvalue weighted by atomic mass is 9.97. The van der Waals surface area contributed by atoms with Gasteiger partial charge < -0.3 is 19.8 Å². The highest BCUT2D eigenvalue weighted by atomic mass is 32.2. The number of furan rings is 1. The van der Waals surface area contributed by atoms with E-state index >= 15 is 0 Å². The molecule has 0 unspecified atom stereocenters. The minimum absolute atomic E-state index is 0.153. The van der Waals surface area contributed by atoms with Crippen molar-refractivity contribution in [3.8, 4) is 33.9 Å². The molecule has 2 amide bonds. The van der Waals surface area contributed by atoms with Crippen molar-refractivity contribution in [2.45, 2.75) is 33.2 Å². The van der Waals surface area contributed by atoms with Crippen LogP contribution in [-0.2, 0) is 10.0 Å². The van der Waals surface area contributed by atoms with Gasteiger partial charge in [0.15, 0.2) is 0 Å². The van der Waals surface area contributed by atoms with Gasteiger partial charge in [0.2, 0.25) is 10.0 Å². The van der Waals surface area contributed by atoms with E-state index in [2.05, 4.69) is 10.6 Å². The minimum atomic E-state index is -3.71. The number of ether oxygens (including phenoxy) is 1. The Morgan fingerprint density at radius 1 is 0.848 bits per heavy atom. The summed E-state index contributed by atoms with van der Waals surface area (Å²) in [5, 5.41) is 6.17. The molecule has 0 aliphatic heterocycles. The number of hydrogen-bond donors (Lipinski definition) is 2. The second-order valence-electron chi connectivity index (χ2n) is 11.9. The molecular formula is C36H37N3O6S. The van der Waals surface area contributed by atoms with Gasteiger partial charge in [-0.25, -0.2) is 8.42 Å². The highest BCUT2D eigenvalue weighted by Gasteiger charge is 2.27. The van der Waals surface area contributed by atoms with Crippen LogP contribution in [0.5, 0.6) is 11.5 Å². The first-order chi connectivity index (χ1) is 21.8.